The zero-order valence-electron chi connectivity index (χ0n) is 39.0. The van der Waals surface area contributed by atoms with E-state index in [1.807, 2.05) is 12.2 Å². The number of carbonyl (C=O) groups excluding carboxylic acids is 2. The van der Waals surface area contributed by atoms with Gasteiger partial charge < -0.3 is 49.7 Å². The molecular formula is C47H80O17P2. The normalized spacial score (nSPS) is 22.6. The highest BCUT2D eigenvalue weighted by atomic mass is 31.2. The van der Waals surface area contributed by atoms with Gasteiger partial charge in [0, 0.05) is 12.8 Å². The third kappa shape index (κ3) is 31.4. The van der Waals surface area contributed by atoms with Crippen molar-refractivity contribution in [2.45, 2.75) is 198 Å². The molecule has 8 N–H and O–H groups in total. The molecule has 6 unspecified atom stereocenters. The average molecular weight is 979 g/mol. The lowest BCUT2D eigenvalue weighted by Gasteiger charge is -2.43. The van der Waals surface area contributed by atoms with Crippen LogP contribution in [-0.4, -0.2) is 114 Å². The molecule has 0 heterocycles. The number of aliphatic hydroxyl groups is 5. The zero-order chi connectivity index (χ0) is 49.1. The Morgan fingerprint density at radius 1 is 0.561 bits per heavy atom. The number of hydrogen-bond acceptors (Lipinski definition) is 14. The number of rotatable bonds is 38. The lowest BCUT2D eigenvalue weighted by Crippen LogP contribution is -2.64. The van der Waals surface area contributed by atoms with Crippen molar-refractivity contribution in [3.05, 3.63) is 72.9 Å². The Balaban J connectivity index is 2.69. The molecule has 0 saturated heterocycles. The Morgan fingerprint density at radius 2 is 1.06 bits per heavy atom. The SMILES string of the molecule is CC/C=C\C/C=C\C/C=C\C/C=C\C=C\C(O)CCCC(=O)O[C@H](COC(=O)CCCCCCCCCCCCC/C=C\CC)COP(=O)(O)O[C@H]1C(O)C(O)C(O)[C@@H](OP(=O)(O)O)C1O. The van der Waals surface area contributed by atoms with Crippen LogP contribution in [0.15, 0.2) is 72.9 Å². The predicted octanol–water partition coefficient (Wildman–Crippen LogP) is 7.81. The van der Waals surface area contributed by atoms with E-state index in [0.29, 0.717) is 6.42 Å². The van der Waals surface area contributed by atoms with Gasteiger partial charge in [0.05, 0.1) is 12.7 Å². The van der Waals surface area contributed by atoms with Crippen molar-refractivity contribution in [2.75, 3.05) is 13.2 Å². The fraction of sp³-hybridized carbons (Fsp3) is 0.702. The van der Waals surface area contributed by atoms with Crippen LogP contribution in [-0.2, 0) is 41.8 Å². The van der Waals surface area contributed by atoms with Crippen LogP contribution in [0.4, 0.5) is 0 Å². The molecule has 19 heteroatoms. The van der Waals surface area contributed by atoms with Crippen molar-refractivity contribution < 1.29 is 82.0 Å². The number of phosphoric ester groups is 2. The van der Waals surface area contributed by atoms with Gasteiger partial charge in [-0.3, -0.25) is 23.2 Å². The fourth-order valence-electron chi connectivity index (χ4n) is 6.76. The second-order valence-corrected chi connectivity index (χ2v) is 18.9. The smallest absolute Gasteiger partial charge is 0.462 e. The molecule has 9 atom stereocenters. The van der Waals surface area contributed by atoms with Gasteiger partial charge in [0.1, 0.15) is 43.2 Å². The van der Waals surface area contributed by atoms with Crippen LogP contribution in [0, 0.1) is 0 Å². The topological polar surface area (TPSA) is 276 Å². The highest BCUT2D eigenvalue weighted by Crippen LogP contribution is 2.49. The van der Waals surface area contributed by atoms with Crippen LogP contribution in [0.5, 0.6) is 0 Å². The summed E-state index contributed by atoms with van der Waals surface area (Å²) in [5, 5.41) is 51.6. The molecule has 380 valence electrons. The lowest BCUT2D eigenvalue weighted by atomic mass is 9.85. The van der Waals surface area contributed by atoms with E-state index < -0.39 is 89.6 Å². The summed E-state index contributed by atoms with van der Waals surface area (Å²) in [5.41, 5.74) is 0. The van der Waals surface area contributed by atoms with E-state index in [4.69, 9.17) is 18.5 Å². The summed E-state index contributed by atoms with van der Waals surface area (Å²) in [4.78, 5) is 54.3. The summed E-state index contributed by atoms with van der Waals surface area (Å²) in [6, 6.07) is 0. The summed E-state index contributed by atoms with van der Waals surface area (Å²) in [5.74, 6) is -1.42. The van der Waals surface area contributed by atoms with Crippen LogP contribution in [0.2, 0.25) is 0 Å². The molecule has 1 rings (SSSR count). The number of allylic oxidation sites excluding steroid dienone is 11. The number of ether oxygens (including phenoxy) is 2. The van der Waals surface area contributed by atoms with E-state index in [-0.39, 0.29) is 25.7 Å². The van der Waals surface area contributed by atoms with E-state index in [9.17, 15) is 58.9 Å². The van der Waals surface area contributed by atoms with Gasteiger partial charge in [0.15, 0.2) is 6.10 Å². The average Bonchev–Trinajstić information content (AvgIpc) is 3.26. The van der Waals surface area contributed by atoms with Gasteiger partial charge in [-0.1, -0.05) is 145 Å². The van der Waals surface area contributed by atoms with Gasteiger partial charge in [-0.05, 0) is 64.2 Å². The molecule has 1 aliphatic rings. The lowest BCUT2D eigenvalue weighted by molar-refractivity contribution is -0.216. The summed E-state index contributed by atoms with van der Waals surface area (Å²) >= 11 is 0. The van der Waals surface area contributed by atoms with Gasteiger partial charge >= 0.3 is 27.6 Å². The number of phosphoric acid groups is 2. The van der Waals surface area contributed by atoms with Crippen molar-refractivity contribution in [3.8, 4) is 0 Å². The minimum Gasteiger partial charge on any atom is -0.462 e. The maximum Gasteiger partial charge on any atom is 0.472 e. The molecule has 0 amide bonds. The first-order valence-corrected chi connectivity index (χ1v) is 26.6. The fourth-order valence-corrected chi connectivity index (χ4v) is 8.30. The number of carbonyl (C=O) groups is 2. The van der Waals surface area contributed by atoms with Crippen molar-refractivity contribution >= 4 is 27.6 Å². The van der Waals surface area contributed by atoms with Crippen molar-refractivity contribution in [1.82, 2.24) is 0 Å². The summed E-state index contributed by atoms with van der Waals surface area (Å²) in [6.45, 7) is 2.74. The molecule has 1 fully saturated rings. The molecule has 0 aromatic carbocycles. The van der Waals surface area contributed by atoms with E-state index in [2.05, 4.69) is 60.9 Å². The minimum atomic E-state index is -5.39. The Hall–Kier alpha value is -2.60. The van der Waals surface area contributed by atoms with Gasteiger partial charge in [-0.25, -0.2) is 9.13 Å². The van der Waals surface area contributed by atoms with E-state index in [1.54, 1.807) is 18.2 Å². The second kappa shape index (κ2) is 37.3. The third-order valence-corrected chi connectivity index (χ3v) is 11.9. The molecule has 66 heavy (non-hydrogen) atoms. The van der Waals surface area contributed by atoms with Crippen molar-refractivity contribution in [3.63, 3.8) is 0 Å². The molecule has 0 aromatic rings. The maximum atomic E-state index is 13.0. The van der Waals surface area contributed by atoms with E-state index in [1.165, 1.54) is 38.5 Å². The summed E-state index contributed by atoms with van der Waals surface area (Å²) < 4.78 is 49.2. The molecule has 17 nitrogen and oxygen atoms in total. The largest absolute Gasteiger partial charge is 0.472 e. The molecule has 0 aromatic heterocycles. The molecule has 1 saturated carbocycles. The van der Waals surface area contributed by atoms with Gasteiger partial charge in [0.2, 0.25) is 0 Å². The minimum absolute atomic E-state index is 0.0758. The number of unbranched alkanes of at least 4 members (excludes halogenated alkanes) is 11. The maximum absolute atomic E-state index is 13.0. The van der Waals surface area contributed by atoms with E-state index >= 15 is 0 Å². The molecule has 0 aliphatic heterocycles. The highest BCUT2D eigenvalue weighted by molar-refractivity contribution is 7.47. The first-order valence-electron chi connectivity index (χ1n) is 23.6. The van der Waals surface area contributed by atoms with Crippen LogP contribution < -0.4 is 0 Å². The van der Waals surface area contributed by atoms with Crippen LogP contribution in [0.25, 0.3) is 0 Å². The van der Waals surface area contributed by atoms with Gasteiger partial charge in [0.25, 0.3) is 0 Å². The predicted molar refractivity (Wildman–Crippen MR) is 252 cm³/mol. The summed E-state index contributed by atoms with van der Waals surface area (Å²) in [7, 11) is -10.8. The third-order valence-electron chi connectivity index (χ3n) is 10.4. The Kier molecular flexibility index (Phi) is 34.7. The molecule has 0 spiro atoms. The molecule has 0 radical (unpaired) electrons. The quantitative estimate of drug-likeness (QED) is 0.00963. The van der Waals surface area contributed by atoms with Crippen LogP contribution in [0.1, 0.15) is 149 Å². The van der Waals surface area contributed by atoms with Crippen molar-refractivity contribution in [1.29, 1.82) is 0 Å². The monoisotopic (exact) mass is 978 g/mol. The zero-order valence-corrected chi connectivity index (χ0v) is 40.7. The standard InChI is InChI=1S/C47H80O17P2/c1-3-5-7-9-11-13-15-17-18-20-22-24-26-28-30-34-40(49)60-36-39(37-61-66(58,59)64-47-44(53)42(51)43(52)46(45(47)54)63-65(55,56)57)62-41(50)35-31-33-38(48)32-29-27-25-23-21-19-16-14-12-10-8-6-4-2/h5-8,12,14,19,21,25,27,29,32,38-39,42-48,51-54H,3-4,9-11,13,15-18,20,22-24,26,28,30-31,33-37H2,1-2H3,(H,58,59)(H2,55,56,57)/b7-5-,8-6-,14-12-,21-19-,27-25-,32-29+/t38?,39-,42?,43?,44?,45?,46-,47+/m1/s1. The Morgan fingerprint density at radius 3 is 1.64 bits per heavy atom. The second-order valence-electron chi connectivity index (χ2n) is 16.3. The number of esters is 2. The van der Waals surface area contributed by atoms with Gasteiger partial charge in [-0.15, -0.1) is 0 Å². The first-order chi connectivity index (χ1) is 31.5. The highest BCUT2D eigenvalue weighted by Gasteiger charge is 2.54. The first kappa shape index (κ1) is 61.4. The summed E-state index contributed by atoms with van der Waals surface area (Å²) in [6.07, 6.45) is 26.0. The van der Waals surface area contributed by atoms with Crippen LogP contribution >= 0.6 is 15.6 Å². The van der Waals surface area contributed by atoms with Gasteiger partial charge in [-0.2, -0.15) is 0 Å². The number of hydrogen-bond donors (Lipinski definition) is 8. The molecular weight excluding hydrogens is 898 g/mol. The molecule has 1 aliphatic carbocycles. The van der Waals surface area contributed by atoms with Crippen LogP contribution in [0.3, 0.4) is 0 Å². The Bertz CT molecular complexity index is 1570. The Labute approximate surface area is 392 Å². The number of aliphatic hydroxyl groups excluding tert-OH is 5. The van der Waals surface area contributed by atoms with Crippen molar-refractivity contribution in [2.24, 2.45) is 0 Å². The molecule has 0 bridgehead atoms. The van der Waals surface area contributed by atoms with E-state index in [0.717, 1.165) is 64.2 Å².